The molecule has 2 fully saturated rings. The zero-order valence-electron chi connectivity index (χ0n) is 21.5. The molecule has 38 heavy (non-hydrogen) atoms. The first-order valence-electron chi connectivity index (χ1n) is 13.1. The summed E-state index contributed by atoms with van der Waals surface area (Å²) in [5, 5.41) is 2.98. The maximum atomic E-state index is 15.1. The van der Waals surface area contributed by atoms with Gasteiger partial charge in [0, 0.05) is 25.5 Å². The molecule has 4 atom stereocenters. The van der Waals surface area contributed by atoms with E-state index in [9.17, 15) is 4.79 Å². The van der Waals surface area contributed by atoms with Crippen LogP contribution < -0.4 is 16.8 Å². The number of nitrogens with zero attached hydrogens (tertiary/aromatic N) is 2. The van der Waals surface area contributed by atoms with Gasteiger partial charge in [0.1, 0.15) is 21.6 Å². The number of pyridine rings is 1. The lowest BCUT2D eigenvalue weighted by molar-refractivity contribution is 0.0852. The van der Waals surface area contributed by atoms with E-state index in [-0.39, 0.29) is 39.1 Å². The predicted molar refractivity (Wildman–Crippen MR) is 145 cm³/mol. The minimum Gasteiger partial charge on any atom is -0.389 e. The number of ether oxygens (including phenoxy) is 1. The molecule has 202 valence electrons. The summed E-state index contributed by atoms with van der Waals surface area (Å²) in [5.41, 5.74) is 14.3. The molecule has 1 amide bonds. The number of hydrogen-bond acceptors (Lipinski definition) is 7. The smallest absolute Gasteiger partial charge is 0.277 e. The van der Waals surface area contributed by atoms with E-state index < -0.39 is 17.5 Å². The average molecular weight is 542 g/mol. The summed E-state index contributed by atoms with van der Waals surface area (Å²) in [6.45, 7) is 5.51. The molecule has 3 aromatic rings. The minimum absolute atomic E-state index is 0.0219. The summed E-state index contributed by atoms with van der Waals surface area (Å²) in [4.78, 5) is 21.7. The zero-order valence-corrected chi connectivity index (χ0v) is 22.4. The Labute approximate surface area is 225 Å². The summed E-state index contributed by atoms with van der Waals surface area (Å²) in [5.74, 6) is -0.915. The van der Waals surface area contributed by atoms with Gasteiger partial charge in [0.15, 0.2) is 5.69 Å². The molecule has 5 N–H and O–H groups in total. The Kier molecular flexibility index (Phi) is 7.74. The molecule has 1 aliphatic carbocycles. The van der Waals surface area contributed by atoms with Crippen molar-refractivity contribution in [3.63, 3.8) is 0 Å². The third kappa shape index (κ3) is 5.30. The molecule has 2 aliphatic rings. The van der Waals surface area contributed by atoms with E-state index in [1.165, 1.54) is 12.1 Å². The number of rotatable bonds is 5. The zero-order chi connectivity index (χ0) is 27.0. The molecule has 5 rings (SSSR count). The highest BCUT2D eigenvalue weighted by atomic mass is 32.1. The maximum Gasteiger partial charge on any atom is 0.277 e. The van der Waals surface area contributed by atoms with E-state index in [1.54, 1.807) is 12.4 Å². The van der Waals surface area contributed by atoms with Gasteiger partial charge in [-0.3, -0.25) is 9.78 Å². The van der Waals surface area contributed by atoms with Crippen LogP contribution in [-0.2, 0) is 4.74 Å². The Morgan fingerprint density at radius 3 is 2.53 bits per heavy atom. The van der Waals surface area contributed by atoms with E-state index >= 15 is 8.78 Å². The highest BCUT2D eigenvalue weighted by Gasteiger charge is 2.33. The lowest BCUT2D eigenvalue weighted by Gasteiger charge is -2.37. The summed E-state index contributed by atoms with van der Waals surface area (Å²) in [6, 6.07) is 4.67. The van der Waals surface area contributed by atoms with Crippen LogP contribution in [0.1, 0.15) is 73.0 Å². The highest BCUT2D eigenvalue weighted by molar-refractivity contribution is 7.19. The average Bonchev–Trinajstić information content (AvgIpc) is 3.28. The van der Waals surface area contributed by atoms with Crippen molar-refractivity contribution in [3.8, 4) is 10.6 Å². The Morgan fingerprint density at radius 2 is 1.84 bits per heavy atom. The lowest BCUT2D eigenvalue weighted by Crippen LogP contribution is -2.39. The Morgan fingerprint density at radius 1 is 1.13 bits per heavy atom. The number of amides is 1. The van der Waals surface area contributed by atoms with Gasteiger partial charge in [-0.1, -0.05) is 25.2 Å². The molecule has 3 heterocycles. The van der Waals surface area contributed by atoms with Gasteiger partial charge in [0.25, 0.3) is 5.91 Å². The molecular formula is C28H33F2N5O2S. The van der Waals surface area contributed by atoms with Crippen molar-refractivity contribution in [1.82, 2.24) is 9.97 Å². The number of thiazole rings is 1. The Hall–Kier alpha value is -2.95. The molecule has 7 nitrogen and oxygen atoms in total. The number of aromatic nitrogens is 2. The van der Waals surface area contributed by atoms with Gasteiger partial charge in [-0.05, 0) is 78.7 Å². The summed E-state index contributed by atoms with van der Waals surface area (Å²) in [6.07, 6.45) is 6.49. The second-order valence-electron chi connectivity index (χ2n) is 10.6. The van der Waals surface area contributed by atoms with Crippen LogP contribution in [0.2, 0.25) is 0 Å². The van der Waals surface area contributed by atoms with Crippen LogP contribution in [0.15, 0.2) is 30.6 Å². The molecule has 10 heteroatoms. The lowest BCUT2D eigenvalue weighted by atomic mass is 9.71. The number of carbonyl (C=O) groups excluding carboxylic acids is 1. The minimum atomic E-state index is -0.723. The van der Waals surface area contributed by atoms with E-state index in [2.05, 4.69) is 29.1 Å². The number of hydrogen-bond donors (Lipinski definition) is 3. The van der Waals surface area contributed by atoms with Crippen molar-refractivity contribution in [1.29, 1.82) is 0 Å². The first-order chi connectivity index (χ1) is 18.2. The number of nitrogen functional groups attached to an aromatic ring is 1. The maximum absolute atomic E-state index is 15.1. The topological polar surface area (TPSA) is 116 Å². The number of benzene rings is 1. The first-order valence-corrected chi connectivity index (χ1v) is 13.9. The Balaban J connectivity index is 1.38. The second kappa shape index (κ2) is 11.0. The fraction of sp³-hybridized carbons (Fsp3) is 0.464. The molecule has 0 bridgehead atoms. The van der Waals surface area contributed by atoms with E-state index in [4.69, 9.17) is 16.2 Å². The van der Waals surface area contributed by atoms with Gasteiger partial charge in [0.05, 0.1) is 17.4 Å². The van der Waals surface area contributed by atoms with Crippen LogP contribution in [0.4, 0.5) is 19.5 Å². The van der Waals surface area contributed by atoms with Gasteiger partial charge in [-0.15, -0.1) is 0 Å². The largest absolute Gasteiger partial charge is 0.389 e. The second-order valence-corrected chi connectivity index (χ2v) is 11.6. The van der Waals surface area contributed by atoms with Gasteiger partial charge in [-0.25, -0.2) is 13.8 Å². The summed E-state index contributed by atoms with van der Waals surface area (Å²) >= 11 is 0.883. The Bertz CT molecular complexity index is 1290. The number of halogens is 2. The molecule has 1 saturated carbocycles. The fourth-order valence-corrected chi connectivity index (χ4v) is 6.57. The van der Waals surface area contributed by atoms with E-state index in [1.807, 2.05) is 6.07 Å². The molecule has 4 unspecified atom stereocenters. The van der Waals surface area contributed by atoms with Gasteiger partial charge < -0.3 is 21.5 Å². The standard InChI is InChI=1S/C28H33F2N5O2S/c1-14-9-18(12-22(31)15(14)2)19-3-6-33-13-23(19)34-27(36)25-26(32)38-28(35-25)24-20(29)10-17(11-21(24)30)16-4-7-37-8-5-16/h3,6,10-11,13-16,18,22H,4-5,7-9,12,31-32H2,1-2H3,(H,34,36). The van der Waals surface area contributed by atoms with Crippen molar-refractivity contribution >= 4 is 27.9 Å². The number of nitrogens with one attached hydrogen (secondary N) is 1. The molecule has 0 spiro atoms. The van der Waals surface area contributed by atoms with E-state index in [0.717, 1.165) is 29.7 Å². The van der Waals surface area contributed by atoms with Gasteiger partial charge in [0.2, 0.25) is 0 Å². The van der Waals surface area contributed by atoms with Gasteiger partial charge in [-0.2, -0.15) is 0 Å². The molecule has 1 saturated heterocycles. The van der Waals surface area contributed by atoms with Crippen molar-refractivity contribution in [2.24, 2.45) is 17.6 Å². The van der Waals surface area contributed by atoms with Crippen LogP contribution in [0.25, 0.3) is 10.6 Å². The monoisotopic (exact) mass is 541 g/mol. The highest BCUT2D eigenvalue weighted by Crippen LogP contribution is 2.41. The molecule has 1 aromatic carbocycles. The SMILES string of the molecule is CC1CC(c2ccncc2NC(=O)c2nc(-c3c(F)cc(C4CCOCC4)cc3F)sc2N)CC(N)C1C. The van der Waals surface area contributed by atoms with Crippen molar-refractivity contribution < 1.29 is 18.3 Å². The van der Waals surface area contributed by atoms with Crippen LogP contribution in [0.5, 0.6) is 0 Å². The number of carbonyl (C=O) groups is 1. The summed E-state index contributed by atoms with van der Waals surface area (Å²) in [7, 11) is 0. The number of anilines is 2. The third-order valence-corrected chi connectivity index (χ3v) is 9.07. The summed E-state index contributed by atoms with van der Waals surface area (Å²) < 4.78 is 35.6. The molecular weight excluding hydrogens is 508 g/mol. The number of nitrogens with two attached hydrogens (primary N) is 2. The molecule has 0 radical (unpaired) electrons. The van der Waals surface area contributed by atoms with Crippen LogP contribution in [-0.4, -0.2) is 35.1 Å². The van der Waals surface area contributed by atoms with Crippen molar-refractivity contribution in [3.05, 3.63) is 59.0 Å². The normalized spacial score (nSPS) is 24.3. The van der Waals surface area contributed by atoms with Crippen molar-refractivity contribution in [2.75, 3.05) is 24.3 Å². The third-order valence-electron chi connectivity index (χ3n) is 8.17. The first kappa shape index (κ1) is 26.6. The van der Waals surface area contributed by atoms with Gasteiger partial charge >= 0.3 is 0 Å². The molecule has 1 aliphatic heterocycles. The van der Waals surface area contributed by atoms with Crippen LogP contribution in [0, 0.1) is 23.5 Å². The van der Waals surface area contributed by atoms with Crippen LogP contribution >= 0.6 is 11.3 Å². The quantitative estimate of drug-likeness (QED) is 0.382. The molecule has 2 aromatic heterocycles. The predicted octanol–water partition coefficient (Wildman–Crippen LogP) is 5.69. The van der Waals surface area contributed by atoms with E-state index in [0.29, 0.717) is 49.1 Å². The fourth-order valence-electron chi connectivity index (χ4n) is 5.69. The van der Waals surface area contributed by atoms with Crippen LogP contribution in [0.3, 0.4) is 0 Å². The van der Waals surface area contributed by atoms with Crippen molar-refractivity contribution in [2.45, 2.75) is 57.4 Å².